The van der Waals surface area contributed by atoms with E-state index in [1.165, 1.54) is 25.9 Å². The van der Waals surface area contributed by atoms with Gasteiger partial charge in [-0.25, -0.2) is 0 Å². The number of nitrogens with one attached hydrogen (secondary N) is 1. The van der Waals surface area contributed by atoms with Crippen LogP contribution in [0.4, 0.5) is 0 Å². The Hall–Kier alpha value is -0.940. The summed E-state index contributed by atoms with van der Waals surface area (Å²) in [6.07, 6.45) is 3.42. The van der Waals surface area contributed by atoms with E-state index in [0.717, 1.165) is 30.2 Å². The number of aryl methyl sites for hydroxylation is 1. The highest BCUT2D eigenvalue weighted by molar-refractivity contribution is 7.99. The molecule has 0 radical (unpaired) electrons. The van der Waals surface area contributed by atoms with E-state index in [1.54, 1.807) is 11.8 Å². The van der Waals surface area contributed by atoms with Gasteiger partial charge in [0.2, 0.25) is 5.91 Å². The molecule has 0 saturated carbocycles. The molecule has 1 aliphatic rings. The Morgan fingerprint density at radius 1 is 1.40 bits per heavy atom. The maximum Gasteiger partial charge on any atom is 0.230 e. The van der Waals surface area contributed by atoms with E-state index < -0.39 is 0 Å². The fraction of sp³-hybridized carbons (Fsp3) is 0.667. The molecule has 1 aliphatic heterocycles. The molecule has 2 heterocycles. The molecular formula is C15H24N2O2S. The van der Waals surface area contributed by atoms with Gasteiger partial charge in [0.1, 0.15) is 11.5 Å². The summed E-state index contributed by atoms with van der Waals surface area (Å²) in [4.78, 5) is 14.1. The minimum Gasteiger partial charge on any atom is -0.466 e. The first kappa shape index (κ1) is 15.4. The number of nitrogens with zero attached hydrogens (tertiary/aromatic N) is 1. The third kappa shape index (κ3) is 5.59. The summed E-state index contributed by atoms with van der Waals surface area (Å²) in [6, 6.07) is 3.91. The lowest BCUT2D eigenvalue weighted by molar-refractivity contribution is -0.118. The Morgan fingerprint density at radius 2 is 2.20 bits per heavy atom. The van der Waals surface area contributed by atoms with Crippen molar-refractivity contribution < 1.29 is 9.21 Å². The van der Waals surface area contributed by atoms with Gasteiger partial charge in [-0.15, -0.1) is 0 Å². The van der Waals surface area contributed by atoms with Crippen molar-refractivity contribution in [2.75, 3.05) is 37.7 Å². The van der Waals surface area contributed by atoms with Crippen molar-refractivity contribution in [2.45, 2.75) is 26.2 Å². The minimum absolute atomic E-state index is 0.125. The predicted octanol–water partition coefficient (Wildman–Crippen LogP) is 2.08. The van der Waals surface area contributed by atoms with Gasteiger partial charge in [-0.05, 0) is 45.0 Å². The molecule has 1 aromatic heterocycles. The number of furan rings is 1. The molecule has 1 aromatic rings. The summed E-state index contributed by atoms with van der Waals surface area (Å²) >= 11 is 1.72. The molecule has 112 valence electrons. The van der Waals surface area contributed by atoms with Gasteiger partial charge in [-0.2, -0.15) is 11.8 Å². The van der Waals surface area contributed by atoms with Gasteiger partial charge in [0, 0.05) is 25.3 Å². The molecule has 0 spiro atoms. The molecule has 0 bridgehead atoms. The number of likely N-dealkylation sites (tertiary alicyclic amines) is 1. The number of carbonyl (C=O) groups excluding carboxylic acids is 1. The normalized spacial score (nSPS) is 15.7. The molecule has 0 aliphatic carbocycles. The van der Waals surface area contributed by atoms with Crippen LogP contribution in [0.15, 0.2) is 16.5 Å². The van der Waals surface area contributed by atoms with Gasteiger partial charge in [0.05, 0.1) is 5.75 Å². The standard InChI is InChI=1S/C15H24N2O2S/c1-13-4-5-14(19-13)6-7-16-15(18)12-20-11-10-17-8-2-3-9-17/h4-5H,2-3,6-12H2,1H3,(H,16,18). The van der Waals surface area contributed by atoms with Crippen LogP contribution in [0.25, 0.3) is 0 Å². The van der Waals surface area contributed by atoms with E-state index in [2.05, 4.69) is 10.2 Å². The largest absolute Gasteiger partial charge is 0.466 e. The lowest BCUT2D eigenvalue weighted by Gasteiger charge is -2.13. The second-order valence-corrected chi connectivity index (χ2v) is 6.32. The first-order valence-electron chi connectivity index (χ1n) is 7.36. The Balaban J connectivity index is 1.47. The minimum atomic E-state index is 0.125. The van der Waals surface area contributed by atoms with Crippen molar-refractivity contribution in [3.8, 4) is 0 Å². The summed E-state index contributed by atoms with van der Waals surface area (Å²) in [6.45, 7) is 6.16. The molecule has 1 N–H and O–H groups in total. The number of carbonyl (C=O) groups is 1. The first-order chi connectivity index (χ1) is 9.74. The molecule has 2 rings (SSSR count). The highest BCUT2D eigenvalue weighted by Gasteiger charge is 2.10. The van der Waals surface area contributed by atoms with Crippen molar-refractivity contribution in [3.63, 3.8) is 0 Å². The van der Waals surface area contributed by atoms with Gasteiger partial charge in [-0.1, -0.05) is 0 Å². The maximum absolute atomic E-state index is 11.7. The van der Waals surface area contributed by atoms with Crippen molar-refractivity contribution >= 4 is 17.7 Å². The molecule has 0 atom stereocenters. The number of amides is 1. The molecule has 20 heavy (non-hydrogen) atoms. The summed E-state index contributed by atoms with van der Waals surface area (Å²) in [7, 11) is 0. The Morgan fingerprint density at radius 3 is 2.90 bits per heavy atom. The SMILES string of the molecule is Cc1ccc(CCNC(=O)CSCCN2CCCC2)o1. The summed E-state index contributed by atoms with van der Waals surface area (Å²) < 4.78 is 5.46. The highest BCUT2D eigenvalue weighted by atomic mass is 32.2. The number of rotatable bonds is 8. The van der Waals surface area contributed by atoms with E-state index in [4.69, 9.17) is 4.42 Å². The Kier molecular flexibility index (Phi) is 6.47. The van der Waals surface area contributed by atoms with Gasteiger partial charge < -0.3 is 14.6 Å². The average molecular weight is 296 g/mol. The van der Waals surface area contributed by atoms with Crippen molar-refractivity contribution in [2.24, 2.45) is 0 Å². The van der Waals surface area contributed by atoms with E-state index in [-0.39, 0.29) is 5.91 Å². The summed E-state index contributed by atoms with van der Waals surface area (Å²) in [5.74, 6) is 3.59. The van der Waals surface area contributed by atoms with Crippen LogP contribution in [0.1, 0.15) is 24.4 Å². The third-order valence-electron chi connectivity index (χ3n) is 3.47. The van der Waals surface area contributed by atoms with Crippen molar-refractivity contribution in [1.29, 1.82) is 0 Å². The topological polar surface area (TPSA) is 45.5 Å². The molecule has 0 unspecified atom stereocenters. The number of hydrogen-bond donors (Lipinski definition) is 1. The van der Waals surface area contributed by atoms with Gasteiger partial charge >= 0.3 is 0 Å². The predicted molar refractivity (Wildman–Crippen MR) is 83.2 cm³/mol. The zero-order valence-electron chi connectivity index (χ0n) is 12.2. The average Bonchev–Trinajstić information content (AvgIpc) is 3.06. The van der Waals surface area contributed by atoms with Crippen LogP contribution in [0.5, 0.6) is 0 Å². The second kappa shape index (κ2) is 8.37. The monoisotopic (exact) mass is 296 g/mol. The fourth-order valence-corrected chi connectivity index (χ4v) is 3.18. The molecule has 1 amide bonds. The van der Waals surface area contributed by atoms with Crippen LogP contribution in [-0.4, -0.2) is 48.5 Å². The third-order valence-corrected chi connectivity index (χ3v) is 4.41. The van der Waals surface area contributed by atoms with Crippen molar-refractivity contribution in [1.82, 2.24) is 10.2 Å². The van der Waals surface area contributed by atoms with Crippen LogP contribution in [0.3, 0.4) is 0 Å². The first-order valence-corrected chi connectivity index (χ1v) is 8.51. The van der Waals surface area contributed by atoms with Crippen molar-refractivity contribution in [3.05, 3.63) is 23.7 Å². The maximum atomic E-state index is 11.7. The quantitative estimate of drug-likeness (QED) is 0.746. The summed E-state index contributed by atoms with van der Waals surface area (Å²) in [5.41, 5.74) is 0. The van der Waals surface area contributed by atoms with Crippen LogP contribution < -0.4 is 5.32 Å². The van der Waals surface area contributed by atoms with Crippen LogP contribution in [0, 0.1) is 6.92 Å². The van der Waals surface area contributed by atoms with E-state index in [9.17, 15) is 4.79 Å². The number of hydrogen-bond acceptors (Lipinski definition) is 4. The zero-order chi connectivity index (χ0) is 14.2. The molecule has 1 saturated heterocycles. The zero-order valence-corrected chi connectivity index (χ0v) is 13.0. The van der Waals surface area contributed by atoms with E-state index >= 15 is 0 Å². The van der Waals surface area contributed by atoms with E-state index in [1.807, 2.05) is 19.1 Å². The lowest BCUT2D eigenvalue weighted by atomic mass is 10.3. The number of thioether (sulfide) groups is 1. The molecule has 5 heteroatoms. The smallest absolute Gasteiger partial charge is 0.230 e. The van der Waals surface area contributed by atoms with Crippen LogP contribution >= 0.6 is 11.8 Å². The van der Waals surface area contributed by atoms with Gasteiger partial charge in [-0.3, -0.25) is 4.79 Å². The van der Waals surface area contributed by atoms with Gasteiger partial charge in [0.25, 0.3) is 0 Å². The second-order valence-electron chi connectivity index (χ2n) is 5.21. The molecule has 1 fully saturated rings. The molecular weight excluding hydrogens is 272 g/mol. The molecule has 0 aromatic carbocycles. The Labute approximate surface area is 125 Å². The van der Waals surface area contributed by atoms with Crippen LogP contribution in [0.2, 0.25) is 0 Å². The van der Waals surface area contributed by atoms with E-state index in [0.29, 0.717) is 12.3 Å². The highest BCUT2D eigenvalue weighted by Crippen LogP contribution is 2.09. The lowest BCUT2D eigenvalue weighted by Crippen LogP contribution is -2.28. The molecule has 4 nitrogen and oxygen atoms in total. The van der Waals surface area contributed by atoms with Gasteiger partial charge in [0.15, 0.2) is 0 Å². The Bertz CT molecular complexity index is 414. The fourth-order valence-electron chi connectivity index (χ4n) is 2.36. The summed E-state index contributed by atoms with van der Waals surface area (Å²) in [5, 5.41) is 2.94. The van der Waals surface area contributed by atoms with Crippen LogP contribution in [-0.2, 0) is 11.2 Å².